The molecule has 0 aliphatic carbocycles. The lowest BCUT2D eigenvalue weighted by Gasteiger charge is -2.19. The molecule has 3 aromatic rings. The van der Waals surface area contributed by atoms with Crippen molar-refractivity contribution in [2.24, 2.45) is 0 Å². The van der Waals surface area contributed by atoms with Gasteiger partial charge in [0.25, 0.3) is 0 Å². The third kappa shape index (κ3) is 5.35. The molecule has 0 fully saturated rings. The first-order valence-electron chi connectivity index (χ1n) is 8.74. The Labute approximate surface area is 162 Å². The van der Waals surface area contributed by atoms with Gasteiger partial charge in [0.05, 0.1) is 6.04 Å². The maximum Gasteiger partial charge on any atom is 0.411 e. The van der Waals surface area contributed by atoms with Gasteiger partial charge in [0.2, 0.25) is 0 Å². The fraction of sp³-hybridized carbons (Fsp3) is 0.0909. The van der Waals surface area contributed by atoms with E-state index in [2.05, 4.69) is 10.6 Å². The van der Waals surface area contributed by atoms with Gasteiger partial charge in [-0.05, 0) is 28.8 Å². The van der Waals surface area contributed by atoms with Gasteiger partial charge in [-0.15, -0.1) is 0 Å². The van der Waals surface area contributed by atoms with Crippen LogP contribution in [0.25, 0.3) is 0 Å². The van der Waals surface area contributed by atoms with Gasteiger partial charge in [-0.2, -0.15) is 0 Å². The molecule has 1 unspecified atom stereocenters. The smallest absolute Gasteiger partial charge is 0.411 e. The number of carboxylic acid groups (broad SMARTS) is 1. The Morgan fingerprint density at radius 3 is 2.18 bits per heavy atom. The Hall–Kier alpha value is -3.80. The second-order valence-corrected chi connectivity index (χ2v) is 6.11. The van der Waals surface area contributed by atoms with Gasteiger partial charge in [0, 0.05) is 5.69 Å². The van der Waals surface area contributed by atoms with E-state index in [0.717, 1.165) is 11.1 Å². The predicted molar refractivity (Wildman–Crippen MR) is 106 cm³/mol. The van der Waals surface area contributed by atoms with Crippen LogP contribution in [0.1, 0.15) is 22.7 Å². The van der Waals surface area contributed by atoms with E-state index < -0.39 is 18.2 Å². The topological polar surface area (TPSA) is 87.7 Å². The molecule has 2 amide bonds. The zero-order valence-electron chi connectivity index (χ0n) is 15.0. The number of hydrogen-bond donors (Lipinski definition) is 3. The normalized spacial score (nSPS) is 11.3. The number of benzene rings is 3. The molecule has 0 saturated carbocycles. The van der Waals surface area contributed by atoms with Gasteiger partial charge in [-0.25, -0.2) is 9.59 Å². The predicted octanol–water partition coefficient (Wildman–Crippen LogP) is 4.79. The largest absolute Gasteiger partial charge is 0.465 e. The molecule has 3 N–H and O–H groups in total. The summed E-state index contributed by atoms with van der Waals surface area (Å²) in [5.41, 5.74) is 2.91. The maximum atomic E-state index is 12.1. The molecule has 0 aliphatic heterocycles. The molecule has 0 bridgehead atoms. The van der Waals surface area contributed by atoms with Gasteiger partial charge < -0.3 is 15.2 Å². The minimum absolute atomic E-state index is 0.166. The summed E-state index contributed by atoms with van der Waals surface area (Å²) in [7, 11) is 0. The highest BCUT2D eigenvalue weighted by Gasteiger charge is 2.17. The van der Waals surface area contributed by atoms with Crippen molar-refractivity contribution < 1.29 is 19.4 Å². The van der Waals surface area contributed by atoms with Crippen molar-refractivity contribution in [1.29, 1.82) is 0 Å². The van der Waals surface area contributed by atoms with Crippen LogP contribution in [0.15, 0.2) is 84.9 Å². The lowest BCUT2D eigenvalue weighted by atomic mass is 9.98. The van der Waals surface area contributed by atoms with E-state index in [1.807, 2.05) is 60.7 Å². The summed E-state index contributed by atoms with van der Waals surface area (Å²) in [4.78, 5) is 23.3. The second-order valence-electron chi connectivity index (χ2n) is 6.11. The molecule has 6 nitrogen and oxygen atoms in total. The van der Waals surface area contributed by atoms with Crippen molar-refractivity contribution in [3.05, 3.63) is 102 Å². The average Bonchev–Trinajstić information content (AvgIpc) is 2.72. The fourth-order valence-corrected chi connectivity index (χ4v) is 2.80. The molecule has 0 saturated heterocycles. The third-order valence-corrected chi connectivity index (χ3v) is 4.08. The molecule has 0 aromatic heterocycles. The highest BCUT2D eigenvalue weighted by Crippen LogP contribution is 2.24. The summed E-state index contributed by atoms with van der Waals surface area (Å²) in [5.74, 6) is 0. The van der Waals surface area contributed by atoms with Crippen LogP contribution in [0.2, 0.25) is 0 Å². The molecule has 6 heteroatoms. The Bertz CT molecular complexity index is 930. The van der Waals surface area contributed by atoms with Crippen LogP contribution < -0.4 is 10.6 Å². The van der Waals surface area contributed by atoms with E-state index >= 15 is 0 Å². The Morgan fingerprint density at radius 1 is 0.857 bits per heavy atom. The Morgan fingerprint density at radius 2 is 1.50 bits per heavy atom. The Balaban J connectivity index is 1.71. The van der Waals surface area contributed by atoms with Crippen LogP contribution in [-0.4, -0.2) is 17.3 Å². The van der Waals surface area contributed by atoms with E-state index in [4.69, 9.17) is 4.74 Å². The lowest BCUT2D eigenvalue weighted by molar-refractivity contribution is 0.155. The SMILES string of the molecule is O=C(O)NC(c1ccccc1)c1cccc(NC(=O)OCc2ccccc2)c1. The minimum Gasteiger partial charge on any atom is -0.465 e. The fourth-order valence-electron chi connectivity index (χ4n) is 2.80. The number of rotatable bonds is 6. The summed E-state index contributed by atoms with van der Waals surface area (Å²) >= 11 is 0. The first-order chi connectivity index (χ1) is 13.6. The van der Waals surface area contributed by atoms with Crippen LogP contribution in [0.3, 0.4) is 0 Å². The molecule has 0 spiro atoms. The van der Waals surface area contributed by atoms with Gasteiger partial charge in [-0.3, -0.25) is 5.32 Å². The monoisotopic (exact) mass is 376 g/mol. The number of ether oxygens (including phenoxy) is 1. The zero-order valence-corrected chi connectivity index (χ0v) is 15.0. The summed E-state index contributed by atoms with van der Waals surface area (Å²) < 4.78 is 5.22. The molecule has 0 radical (unpaired) electrons. The number of hydrogen-bond acceptors (Lipinski definition) is 3. The van der Waals surface area contributed by atoms with Crippen LogP contribution in [-0.2, 0) is 11.3 Å². The summed E-state index contributed by atoms with van der Waals surface area (Å²) in [6, 6.07) is 25.0. The van der Waals surface area contributed by atoms with E-state index in [-0.39, 0.29) is 6.61 Å². The first-order valence-corrected chi connectivity index (χ1v) is 8.74. The standard InChI is InChI=1S/C22H20N2O4/c25-21(26)24-20(17-10-5-2-6-11-17)18-12-7-13-19(14-18)23-22(27)28-15-16-8-3-1-4-9-16/h1-14,20,24H,15H2,(H,23,27)(H,25,26). The van der Waals surface area contributed by atoms with Crippen LogP contribution >= 0.6 is 0 Å². The molecule has 0 heterocycles. The van der Waals surface area contributed by atoms with Gasteiger partial charge in [0.15, 0.2) is 0 Å². The Kier molecular flexibility index (Phi) is 6.25. The van der Waals surface area contributed by atoms with Crippen molar-refractivity contribution in [3.8, 4) is 0 Å². The summed E-state index contributed by atoms with van der Waals surface area (Å²) in [6.07, 6.45) is -1.71. The zero-order chi connectivity index (χ0) is 19.8. The lowest BCUT2D eigenvalue weighted by Crippen LogP contribution is -2.27. The van der Waals surface area contributed by atoms with Crippen molar-refractivity contribution in [2.45, 2.75) is 12.6 Å². The van der Waals surface area contributed by atoms with E-state index in [1.54, 1.807) is 24.3 Å². The summed E-state index contributed by atoms with van der Waals surface area (Å²) in [5, 5.41) is 14.4. The van der Waals surface area contributed by atoms with Crippen LogP contribution in [0, 0.1) is 0 Å². The molecule has 0 aliphatic rings. The number of anilines is 1. The van der Waals surface area contributed by atoms with Crippen LogP contribution in [0.5, 0.6) is 0 Å². The van der Waals surface area contributed by atoms with Gasteiger partial charge in [-0.1, -0.05) is 72.8 Å². The van der Waals surface area contributed by atoms with E-state index in [0.29, 0.717) is 11.3 Å². The molecule has 3 rings (SSSR count). The van der Waals surface area contributed by atoms with Crippen LogP contribution in [0.4, 0.5) is 15.3 Å². The van der Waals surface area contributed by atoms with Crippen molar-refractivity contribution in [2.75, 3.05) is 5.32 Å². The molecular weight excluding hydrogens is 356 g/mol. The van der Waals surface area contributed by atoms with E-state index in [1.165, 1.54) is 0 Å². The maximum absolute atomic E-state index is 12.1. The van der Waals surface area contributed by atoms with Gasteiger partial charge in [0.1, 0.15) is 6.61 Å². The number of amides is 2. The van der Waals surface area contributed by atoms with Crippen molar-refractivity contribution in [1.82, 2.24) is 5.32 Å². The second kappa shape index (κ2) is 9.23. The molecule has 3 aromatic carbocycles. The highest BCUT2D eigenvalue weighted by atomic mass is 16.5. The molecule has 142 valence electrons. The number of carbonyl (C=O) groups excluding carboxylic acids is 1. The van der Waals surface area contributed by atoms with E-state index in [9.17, 15) is 14.7 Å². The molecular formula is C22H20N2O4. The van der Waals surface area contributed by atoms with Gasteiger partial charge >= 0.3 is 12.2 Å². The molecule has 1 atom stereocenters. The van der Waals surface area contributed by atoms with Crippen molar-refractivity contribution >= 4 is 17.9 Å². The molecule has 28 heavy (non-hydrogen) atoms. The average molecular weight is 376 g/mol. The number of nitrogens with one attached hydrogen (secondary N) is 2. The minimum atomic E-state index is -1.13. The summed E-state index contributed by atoms with van der Waals surface area (Å²) in [6.45, 7) is 0.166. The highest BCUT2D eigenvalue weighted by molar-refractivity contribution is 5.84. The van der Waals surface area contributed by atoms with Crippen molar-refractivity contribution in [3.63, 3.8) is 0 Å². The first kappa shape index (κ1) is 19.0. The number of carbonyl (C=O) groups is 2. The third-order valence-electron chi connectivity index (χ3n) is 4.08. The quantitative estimate of drug-likeness (QED) is 0.577.